The van der Waals surface area contributed by atoms with E-state index in [4.69, 9.17) is 21.4 Å². The lowest BCUT2D eigenvalue weighted by atomic mass is 10.1. The van der Waals surface area contributed by atoms with Crippen molar-refractivity contribution in [1.82, 2.24) is 4.90 Å². The standard InChI is InChI=1S/C14H22N5O13P3S/c1-3-4-28-33(23,24)31-34(25,26)32-35(27,36)29-5-7-9(20)10(21)13(30-7)19-6-18(2)8-11(19)16-14(15)17-12(8)22/h1,6-11,13,20-21H,4-5H2,2H3,(H5-,15,16,17,22,23,24,25,26,27,36)/p-3. The molecule has 9 unspecified atom stereocenters. The molecular weight excluding hydrogens is 571 g/mol. The first-order valence-electron chi connectivity index (χ1n) is 9.59. The zero-order chi connectivity index (χ0) is 27.1. The number of fused-ring (bicyclic) bond motifs is 1. The average Bonchev–Trinajstić information content (AvgIpc) is 3.19. The summed E-state index contributed by atoms with van der Waals surface area (Å²) in [6.45, 7) is -6.72. The molecule has 4 N–H and O–H groups in total. The summed E-state index contributed by atoms with van der Waals surface area (Å²) in [7, 11) is -9.84. The lowest BCUT2D eigenvalue weighted by Crippen LogP contribution is -2.54. The van der Waals surface area contributed by atoms with Gasteiger partial charge in [-0.15, -0.1) is 6.42 Å². The van der Waals surface area contributed by atoms with E-state index in [1.807, 2.05) is 0 Å². The van der Waals surface area contributed by atoms with Gasteiger partial charge in [-0.3, -0.25) is 18.0 Å². The molecule has 202 valence electrons. The van der Waals surface area contributed by atoms with Gasteiger partial charge in [-0.25, -0.2) is 14.2 Å². The van der Waals surface area contributed by atoms with Gasteiger partial charge in [0.15, 0.2) is 6.04 Å². The summed E-state index contributed by atoms with van der Waals surface area (Å²) in [5.41, 5.74) is 5.55. The predicted octanol–water partition coefficient (Wildman–Crippen LogP) is -5.58. The Bertz CT molecular complexity index is 1160. The fourth-order valence-electron chi connectivity index (χ4n) is 3.42. The number of aliphatic hydroxyl groups is 2. The number of ether oxygens (including phenoxy) is 1. The molecule has 3 aliphatic heterocycles. The number of guanidine groups is 1. The lowest BCUT2D eigenvalue weighted by Gasteiger charge is -2.36. The van der Waals surface area contributed by atoms with Gasteiger partial charge in [-0.1, -0.05) is 17.7 Å². The highest BCUT2D eigenvalue weighted by atomic mass is 32.5. The molecular formula is C14H19N5O13P3S-3. The molecule has 0 aliphatic carbocycles. The summed E-state index contributed by atoms with van der Waals surface area (Å²) in [5.74, 6) is 0.858. The van der Waals surface area contributed by atoms with Crippen LogP contribution in [0.25, 0.3) is 0 Å². The van der Waals surface area contributed by atoms with E-state index in [9.17, 15) is 39.1 Å². The zero-order valence-electron chi connectivity index (χ0n) is 18.0. The fraction of sp³-hybridized carbons (Fsp3) is 0.643. The number of terminal acetylenes is 1. The number of likely N-dealkylation sites (N-methyl/N-ethyl adjacent to an activating group) is 1. The van der Waals surface area contributed by atoms with E-state index < -0.39 is 78.2 Å². The molecule has 0 radical (unpaired) electrons. The normalized spacial score (nSPS) is 34.9. The van der Waals surface area contributed by atoms with Crippen molar-refractivity contribution < 1.29 is 66.1 Å². The number of nitrogens with two attached hydrogens (primary N) is 1. The Kier molecular flexibility index (Phi) is 8.78. The molecule has 18 nitrogen and oxygen atoms in total. The Balaban J connectivity index is 1.63. The van der Waals surface area contributed by atoms with E-state index >= 15 is 0 Å². The van der Waals surface area contributed by atoms with Crippen LogP contribution in [0.3, 0.4) is 0 Å². The number of aliphatic imine (C=N–C) groups is 2. The number of phosphoric acid groups is 2. The molecule has 0 aromatic heterocycles. The first-order chi connectivity index (χ1) is 16.6. The van der Waals surface area contributed by atoms with Gasteiger partial charge >= 0.3 is 0 Å². The summed E-state index contributed by atoms with van der Waals surface area (Å²) in [5, 5.41) is 33.0. The molecule has 0 aromatic carbocycles. The molecule has 36 heavy (non-hydrogen) atoms. The summed E-state index contributed by atoms with van der Waals surface area (Å²) in [4.78, 5) is 44.3. The molecule has 3 aliphatic rings. The summed E-state index contributed by atoms with van der Waals surface area (Å²) < 4.78 is 46.6. The molecule has 0 amide bonds. The quantitative estimate of drug-likeness (QED) is 0.122. The number of nitrogens with zero attached hydrogens (tertiary/aromatic N) is 4. The van der Waals surface area contributed by atoms with Crippen LogP contribution in [0.15, 0.2) is 9.98 Å². The summed E-state index contributed by atoms with van der Waals surface area (Å²) in [6.07, 6.45) is -0.843. The van der Waals surface area contributed by atoms with Gasteiger partial charge < -0.3 is 49.5 Å². The lowest BCUT2D eigenvalue weighted by molar-refractivity contribution is -0.518. The van der Waals surface area contributed by atoms with Crippen molar-refractivity contribution in [2.75, 3.05) is 20.3 Å². The van der Waals surface area contributed by atoms with E-state index in [0.717, 1.165) is 0 Å². The monoisotopic (exact) mass is 590 g/mol. The number of phosphoric ester groups is 1. The van der Waals surface area contributed by atoms with Crippen molar-refractivity contribution in [2.45, 2.75) is 36.7 Å². The molecule has 0 saturated carbocycles. The van der Waals surface area contributed by atoms with Crippen LogP contribution in [0.4, 0.5) is 0 Å². The summed E-state index contributed by atoms with van der Waals surface area (Å²) in [6, 6.07) is -0.880. The Morgan fingerprint density at radius 2 is 1.94 bits per heavy atom. The Morgan fingerprint density at radius 3 is 2.58 bits per heavy atom. The molecule has 3 rings (SSSR count). The topological polar surface area (TPSA) is 270 Å². The van der Waals surface area contributed by atoms with Gasteiger partial charge in [0.2, 0.25) is 24.7 Å². The molecule has 1 saturated heterocycles. The van der Waals surface area contributed by atoms with E-state index in [2.05, 4.69) is 34.9 Å². The van der Waals surface area contributed by atoms with Crippen LogP contribution in [0.5, 0.6) is 0 Å². The highest BCUT2D eigenvalue weighted by molar-refractivity contribution is 8.07. The first kappa shape index (κ1) is 29.2. The van der Waals surface area contributed by atoms with E-state index in [1.54, 1.807) is 5.92 Å². The van der Waals surface area contributed by atoms with E-state index in [0.29, 0.717) is 0 Å². The number of rotatable bonds is 10. The third-order valence-electron chi connectivity index (χ3n) is 4.82. The van der Waals surface area contributed by atoms with E-state index in [-0.39, 0.29) is 5.96 Å². The van der Waals surface area contributed by atoms with E-state index in [1.165, 1.54) is 22.9 Å². The number of aliphatic hydroxyl groups excluding tert-OH is 2. The first-order valence-corrected chi connectivity index (χ1v) is 15.1. The van der Waals surface area contributed by atoms with Crippen LogP contribution in [0.1, 0.15) is 0 Å². The summed E-state index contributed by atoms with van der Waals surface area (Å²) >= 11 is 4.42. The minimum Gasteiger partial charge on any atom is -0.859 e. The van der Waals surface area contributed by atoms with Gasteiger partial charge in [0, 0.05) is 5.90 Å². The zero-order valence-corrected chi connectivity index (χ0v) is 21.5. The van der Waals surface area contributed by atoms with Gasteiger partial charge in [0.25, 0.3) is 15.6 Å². The largest absolute Gasteiger partial charge is 0.859 e. The maximum atomic E-state index is 12.3. The Morgan fingerprint density at radius 1 is 1.28 bits per heavy atom. The van der Waals surface area contributed by atoms with Crippen molar-refractivity contribution >= 4 is 52.4 Å². The van der Waals surface area contributed by atoms with Gasteiger partial charge in [-0.05, 0) is 0 Å². The second kappa shape index (κ2) is 10.8. The molecule has 22 heteroatoms. The van der Waals surface area contributed by atoms with Crippen molar-refractivity contribution in [3.8, 4) is 12.3 Å². The van der Waals surface area contributed by atoms with Crippen molar-refractivity contribution in [1.29, 1.82) is 0 Å². The maximum Gasteiger partial charge on any atom is 0.279 e. The van der Waals surface area contributed by atoms with Gasteiger partial charge in [0.05, 0.1) is 13.7 Å². The third-order valence-corrected chi connectivity index (χ3v) is 9.85. The average molecular weight is 590 g/mol. The SMILES string of the molecule is C#CCOP(=O)([O-])OP(=O)([O-])OP([O-])(=S)OCC1OC(N2C=[N+](C)C3C([O-])=NC(N)=NC32)C(O)C1O. The van der Waals surface area contributed by atoms with Gasteiger partial charge in [-0.2, -0.15) is 4.99 Å². The molecule has 0 aromatic rings. The van der Waals surface area contributed by atoms with Crippen LogP contribution in [-0.4, -0.2) is 94.9 Å². The number of hydrogen-bond acceptors (Lipinski definition) is 18. The number of hydrogen-bond donors (Lipinski definition) is 3. The molecule has 3 heterocycles. The van der Waals surface area contributed by atoms with Crippen LogP contribution < -0.4 is 25.5 Å². The molecule has 0 spiro atoms. The van der Waals surface area contributed by atoms with Crippen molar-refractivity contribution in [2.24, 2.45) is 15.7 Å². The maximum absolute atomic E-state index is 12.3. The van der Waals surface area contributed by atoms with Crippen molar-refractivity contribution in [3.05, 3.63) is 0 Å². The Labute approximate surface area is 208 Å². The highest BCUT2D eigenvalue weighted by Gasteiger charge is 2.55. The second-order valence-electron chi connectivity index (χ2n) is 7.35. The third kappa shape index (κ3) is 6.76. The van der Waals surface area contributed by atoms with Crippen LogP contribution in [-0.2, 0) is 43.3 Å². The minimum atomic E-state index is -5.88. The predicted molar refractivity (Wildman–Crippen MR) is 114 cm³/mol. The molecule has 9 atom stereocenters. The molecule has 1 fully saturated rings. The second-order valence-corrected chi connectivity index (χ2v) is 13.2. The fourth-order valence-corrected chi connectivity index (χ4v) is 7.63. The van der Waals surface area contributed by atoms with Crippen LogP contribution >= 0.6 is 22.4 Å². The Hall–Kier alpha value is -1.32. The highest BCUT2D eigenvalue weighted by Crippen LogP contribution is 2.63. The smallest absolute Gasteiger partial charge is 0.279 e. The van der Waals surface area contributed by atoms with Gasteiger partial charge in [0.1, 0.15) is 31.6 Å². The van der Waals surface area contributed by atoms with Crippen molar-refractivity contribution in [3.63, 3.8) is 0 Å². The van der Waals surface area contributed by atoms with Crippen LogP contribution in [0, 0.1) is 12.3 Å². The minimum absolute atomic E-state index is 0.302. The molecule has 0 bridgehead atoms. The van der Waals surface area contributed by atoms with Crippen LogP contribution in [0.2, 0.25) is 0 Å².